The number of nitrogens with two attached hydrogens (primary N) is 1. The molecule has 5 nitrogen and oxygen atoms in total. The monoisotopic (exact) mass is 204 g/mol. The van der Waals surface area contributed by atoms with E-state index >= 15 is 0 Å². The highest BCUT2D eigenvalue weighted by Crippen LogP contribution is 2.02. The van der Waals surface area contributed by atoms with Crippen LogP contribution in [0.1, 0.15) is 13.8 Å². The van der Waals surface area contributed by atoms with Crippen LogP contribution >= 0.6 is 12.6 Å². The third-order valence-corrected chi connectivity index (χ3v) is 1.84. The Bertz CT molecular complexity index is 228. The summed E-state index contributed by atoms with van der Waals surface area (Å²) in [6, 6.07) is -0.960. The van der Waals surface area contributed by atoms with E-state index in [-0.39, 0.29) is 5.75 Å². The summed E-state index contributed by atoms with van der Waals surface area (Å²) in [4.78, 5) is 33.5. The predicted molar refractivity (Wildman–Crippen MR) is 50.0 cm³/mol. The first kappa shape index (κ1) is 12.0. The maximum absolute atomic E-state index is 11.0. The first-order valence-corrected chi connectivity index (χ1v) is 4.25. The molecule has 0 unspecified atom stereocenters. The van der Waals surface area contributed by atoms with Crippen molar-refractivity contribution in [3.8, 4) is 0 Å². The van der Waals surface area contributed by atoms with E-state index in [2.05, 4.69) is 12.6 Å². The first-order valence-electron chi connectivity index (χ1n) is 3.62. The lowest BCUT2D eigenvalue weighted by Gasteiger charge is -2.23. The van der Waals surface area contributed by atoms with Gasteiger partial charge in [-0.25, -0.2) is 0 Å². The Morgan fingerprint density at radius 1 is 1.31 bits per heavy atom. The van der Waals surface area contributed by atoms with E-state index in [0.717, 1.165) is 4.90 Å². The fourth-order valence-electron chi connectivity index (χ4n) is 0.960. The number of hydrogen-bond acceptors (Lipinski definition) is 4. The molecule has 0 aromatic carbocycles. The number of carbonyl (C=O) groups is 3. The minimum absolute atomic E-state index is 0.0362. The van der Waals surface area contributed by atoms with Gasteiger partial charge in [-0.3, -0.25) is 19.3 Å². The molecule has 0 bridgehead atoms. The minimum Gasteiger partial charge on any atom is -0.368 e. The van der Waals surface area contributed by atoms with E-state index in [1.165, 1.54) is 13.8 Å². The molecular formula is C7H12N2O3S. The zero-order valence-corrected chi connectivity index (χ0v) is 8.38. The fourth-order valence-corrected chi connectivity index (χ4v) is 1.30. The van der Waals surface area contributed by atoms with Crippen molar-refractivity contribution >= 4 is 30.4 Å². The number of imide groups is 1. The number of rotatable bonds is 3. The SMILES string of the molecule is CC(=O)N(C(C)=O)[C@@H](CS)C(N)=O. The van der Waals surface area contributed by atoms with Crippen LogP contribution < -0.4 is 5.73 Å². The second kappa shape index (κ2) is 4.86. The topological polar surface area (TPSA) is 80.5 Å². The summed E-state index contributed by atoms with van der Waals surface area (Å²) in [6.45, 7) is 2.39. The smallest absolute Gasteiger partial charge is 0.241 e. The van der Waals surface area contributed by atoms with E-state index in [0.29, 0.717) is 0 Å². The zero-order chi connectivity index (χ0) is 10.6. The maximum Gasteiger partial charge on any atom is 0.241 e. The van der Waals surface area contributed by atoms with Crippen molar-refractivity contribution in [3.63, 3.8) is 0 Å². The molecule has 0 radical (unpaired) electrons. The summed E-state index contributed by atoms with van der Waals surface area (Å²) in [5.74, 6) is -1.72. The Morgan fingerprint density at radius 2 is 1.69 bits per heavy atom. The van der Waals surface area contributed by atoms with Gasteiger partial charge in [-0.15, -0.1) is 0 Å². The standard InChI is InChI=1S/C7H12N2O3S/c1-4(10)9(5(2)11)6(3-13)7(8)12/h6,13H,3H2,1-2H3,(H2,8,12)/t6-/m0/s1. The van der Waals surface area contributed by atoms with E-state index in [9.17, 15) is 14.4 Å². The normalized spacial score (nSPS) is 11.9. The quantitative estimate of drug-likeness (QED) is 0.588. The lowest BCUT2D eigenvalue weighted by Crippen LogP contribution is -2.50. The van der Waals surface area contributed by atoms with Crippen LogP contribution in [0.25, 0.3) is 0 Å². The van der Waals surface area contributed by atoms with Gasteiger partial charge in [0, 0.05) is 19.6 Å². The second-order valence-electron chi connectivity index (χ2n) is 2.51. The van der Waals surface area contributed by atoms with Gasteiger partial charge in [0.15, 0.2) is 0 Å². The molecule has 0 spiro atoms. The van der Waals surface area contributed by atoms with Crippen LogP contribution in [0.3, 0.4) is 0 Å². The van der Waals surface area contributed by atoms with Crippen molar-refractivity contribution in [1.82, 2.24) is 4.90 Å². The summed E-state index contributed by atoms with van der Waals surface area (Å²) in [7, 11) is 0. The third kappa shape index (κ3) is 3.06. The Kier molecular flexibility index (Phi) is 4.47. The van der Waals surface area contributed by atoms with Crippen LogP contribution in [0.15, 0.2) is 0 Å². The average molecular weight is 204 g/mol. The first-order chi connectivity index (χ1) is 5.91. The van der Waals surface area contributed by atoms with Crippen molar-refractivity contribution in [2.45, 2.75) is 19.9 Å². The van der Waals surface area contributed by atoms with Crippen LogP contribution in [0.5, 0.6) is 0 Å². The maximum atomic E-state index is 11.0. The summed E-state index contributed by atoms with van der Waals surface area (Å²) in [5.41, 5.74) is 4.99. The molecule has 0 saturated heterocycles. The van der Waals surface area contributed by atoms with Gasteiger partial charge in [0.25, 0.3) is 0 Å². The molecule has 0 fully saturated rings. The second-order valence-corrected chi connectivity index (χ2v) is 2.87. The van der Waals surface area contributed by atoms with Gasteiger partial charge in [0.05, 0.1) is 0 Å². The third-order valence-electron chi connectivity index (χ3n) is 1.49. The van der Waals surface area contributed by atoms with E-state index in [4.69, 9.17) is 5.73 Å². The van der Waals surface area contributed by atoms with Gasteiger partial charge in [0.2, 0.25) is 17.7 Å². The van der Waals surface area contributed by atoms with Gasteiger partial charge >= 0.3 is 0 Å². The van der Waals surface area contributed by atoms with Crippen LogP contribution in [0.4, 0.5) is 0 Å². The largest absolute Gasteiger partial charge is 0.368 e. The molecule has 0 saturated carbocycles. The minimum atomic E-state index is -0.960. The Labute approximate surface area is 81.7 Å². The molecule has 0 aliphatic carbocycles. The lowest BCUT2D eigenvalue weighted by atomic mass is 10.2. The van der Waals surface area contributed by atoms with E-state index in [1.807, 2.05) is 0 Å². The molecule has 13 heavy (non-hydrogen) atoms. The van der Waals surface area contributed by atoms with Crippen molar-refractivity contribution in [1.29, 1.82) is 0 Å². The number of primary amides is 1. The molecule has 74 valence electrons. The highest BCUT2D eigenvalue weighted by atomic mass is 32.1. The van der Waals surface area contributed by atoms with Gasteiger partial charge < -0.3 is 5.73 Å². The van der Waals surface area contributed by atoms with Crippen LogP contribution in [0, 0.1) is 0 Å². The number of nitrogens with zero attached hydrogens (tertiary/aromatic N) is 1. The number of thiol groups is 1. The molecule has 0 aliphatic heterocycles. The molecule has 0 aliphatic rings. The van der Waals surface area contributed by atoms with Gasteiger partial charge in [-0.1, -0.05) is 0 Å². The number of hydrogen-bond donors (Lipinski definition) is 2. The van der Waals surface area contributed by atoms with Crippen LogP contribution in [-0.2, 0) is 14.4 Å². The lowest BCUT2D eigenvalue weighted by molar-refractivity contribution is -0.148. The van der Waals surface area contributed by atoms with E-state index < -0.39 is 23.8 Å². The molecule has 0 heterocycles. The Morgan fingerprint density at radius 3 is 1.77 bits per heavy atom. The molecule has 0 aromatic heterocycles. The average Bonchev–Trinajstić information content (AvgIpc) is 1.97. The molecule has 6 heteroatoms. The van der Waals surface area contributed by atoms with Crippen LogP contribution in [0.2, 0.25) is 0 Å². The Balaban J connectivity index is 4.80. The number of carbonyl (C=O) groups excluding carboxylic acids is 3. The molecular weight excluding hydrogens is 192 g/mol. The summed E-state index contributed by atoms with van der Waals surface area (Å²) >= 11 is 3.84. The zero-order valence-electron chi connectivity index (χ0n) is 7.48. The summed E-state index contributed by atoms with van der Waals surface area (Å²) in [5, 5.41) is 0. The van der Waals surface area contributed by atoms with Crippen molar-refractivity contribution < 1.29 is 14.4 Å². The van der Waals surface area contributed by atoms with Crippen molar-refractivity contribution in [2.24, 2.45) is 5.73 Å². The van der Waals surface area contributed by atoms with Gasteiger partial charge in [-0.05, 0) is 0 Å². The summed E-state index contributed by atoms with van der Waals surface area (Å²) < 4.78 is 0. The highest BCUT2D eigenvalue weighted by molar-refractivity contribution is 7.80. The number of amides is 3. The Hall–Kier alpha value is -1.04. The molecule has 0 rings (SSSR count). The molecule has 2 N–H and O–H groups in total. The van der Waals surface area contributed by atoms with Crippen molar-refractivity contribution in [2.75, 3.05) is 5.75 Å². The fraction of sp³-hybridized carbons (Fsp3) is 0.571. The predicted octanol–water partition coefficient (Wildman–Crippen LogP) is -0.835. The molecule has 3 amide bonds. The highest BCUT2D eigenvalue weighted by Gasteiger charge is 2.27. The van der Waals surface area contributed by atoms with Crippen molar-refractivity contribution in [3.05, 3.63) is 0 Å². The summed E-state index contributed by atoms with van der Waals surface area (Å²) in [6.07, 6.45) is 0. The van der Waals surface area contributed by atoms with Gasteiger partial charge in [-0.2, -0.15) is 12.6 Å². The molecule has 0 aromatic rings. The van der Waals surface area contributed by atoms with E-state index in [1.54, 1.807) is 0 Å². The van der Waals surface area contributed by atoms with Crippen LogP contribution in [-0.4, -0.2) is 34.4 Å². The van der Waals surface area contributed by atoms with Gasteiger partial charge in [0.1, 0.15) is 6.04 Å². The molecule has 1 atom stereocenters.